The first-order chi connectivity index (χ1) is 9.22. The number of nitrogens with zero attached hydrogens (tertiary/aromatic N) is 1. The Morgan fingerprint density at radius 3 is 2.47 bits per heavy atom. The number of rotatable bonds is 3. The van der Waals surface area contributed by atoms with Crippen LogP contribution in [0.1, 0.15) is 23.2 Å². The first kappa shape index (κ1) is 11.7. The number of hydrogen-bond donors (Lipinski definition) is 2. The van der Waals surface area contributed by atoms with Gasteiger partial charge in [-0.3, -0.25) is 9.78 Å². The summed E-state index contributed by atoms with van der Waals surface area (Å²) < 4.78 is 0. The summed E-state index contributed by atoms with van der Waals surface area (Å²) in [6.45, 7) is 0. The number of nitrogens with one attached hydrogen (secondary N) is 1. The van der Waals surface area contributed by atoms with Gasteiger partial charge in [-0.05, 0) is 37.1 Å². The van der Waals surface area contributed by atoms with E-state index in [1.54, 1.807) is 6.20 Å². The Kier molecular flexibility index (Phi) is 2.91. The first-order valence-electron chi connectivity index (χ1n) is 6.35. The highest BCUT2D eigenvalue weighted by molar-refractivity contribution is 5.95. The van der Waals surface area contributed by atoms with E-state index in [1.807, 2.05) is 36.4 Å². The summed E-state index contributed by atoms with van der Waals surface area (Å²) in [6, 6.07) is 11.5. The number of amides is 1. The third kappa shape index (κ3) is 2.73. The zero-order valence-corrected chi connectivity index (χ0v) is 10.5. The van der Waals surface area contributed by atoms with E-state index in [1.165, 1.54) is 0 Å². The number of benzene rings is 1. The van der Waals surface area contributed by atoms with E-state index in [-0.39, 0.29) is 5.91 Å². The van der Waals surface area contributed by atoms with E-state index in [4.69, 9.17) is 5.73 Å². The van der Waals surface area contributed by atoms with Crippen LogP contribution in [0.5, 0.6) is 0 Å². The van der Waals surface area contributed by atoms with Crippen LogP contribution in [0.2, 0.25) is 0 Å². The maximum absolute atomic E-state index is 11.8. The second-order valence-electron chi connectivity index (χ2n) is 4.80. The molecule has 4 heteroatoms. The van der Waals surface area contributed by atoms with Crippen LogP contribution in [-0.4, -0.2) is 16.9 Å². The summed E-state index contributed by atoms with van der Waals surface area (Å²) in [5.41, 5.74) is 8.76. The van der Waals surface area contributed by atoms with Crippen molar-refractivity contribution in [3.63, 3.8) is 0 Å². The fourth-order valence-corrected chi connectivity index (χ4v) is 1.86. The Morgan fingerprint density at radius 2 is 1.89 bits per heavy atom. The number of carbonyl (C=O) groups is 1. The summed E-state index contributed by atoms with van der Waals surface area (Å²) >= 11 is 0. The molecule has 0 unspecified atom stereocenters. The largest absolute Gasteiger partial charge is 0.397 e. The maximum Gasteiger partial charge on any atom is 0.251 e. The third-order valence-electron chi connectivity index (χ3n) is 3.14. The smallest absolute Gasteiger partial charge is 0.251 e. The molecule has 4 nitrogen and oxygen atoms in total. The molecule has 1 heterocycles. The number of nitrogen functional groups attached to an aromatic ring is 1. The molecule has 1 aliphatic carbocycles. The molecular formula is C15H15N3O. The van der Waals surface area contributed by atoms with Crippen molar-refractivity contribution in [3.05, 3.63) is 48.2 Å². The van der Waals surface area contributed by atoms with E-state index in [9.17, 15) is 4.79 Å². The van der Waals surface area contributed by atoms with E-state index >= 15 is 0 Å². The lowest BCUT2D eigenvalue weighted by Crippen LogP contribution is -2.25. The number of nitrogens with two attached hydrogens (primary N) is 1. The molecule has 0 atom stereocenters. The molecule has 1 amide bonds. The van der Waals surface area contributed by atoms with Crippen molar-refractivity contribution in [1.82, 2.24) is 10.3 Å². The van der Waals surface area contributed by atoms with Gasteiger partial charge in [0.15, 0.2) is 0 Å². The van der Waals surface area contributed by atoms with Crippen LogP contribution in [0.15, 0.2) is 42.6 Å². The van der Waals surface area contributed by atoms with Crippen LogP contribution in [0.3, 0.4) is 0 Å². The van der Waals surface area contributed by atoms with Gasteiger partial charge in [0.25, 0.3) is 5.91 Å². The lowest BCUT2D eigenvalue weighted by atomic mass is 10.1. The molecule has 0 bridgehead atoms. The van der Waals surface area contributed by atoms with E-state index in [2.05, 4.69) is 10.3 Å². The Balaban J connectivity index is 1.77. The summed E-state index contributed by atoms with van der Waals surface area (Å²) in [7, 11) is 0. The van der Waals surface area contributed by atoms with E-state index < -0.39 is 0 Å². The summed E-state index contributed by atoms with van der Waals surface area (Å²) in [5, 5.41) is 2.97. The molecule has 3 N–H and O–H groups in total. The highest BCUT2D eigenvalue weighted by atomic mass is 16.1. The van der Waals surface area contributed by atoms with Gasteiger partial charge in [0, 0.05) is 17.2 Å². The predicted octanol–water partition coefficient (Wildman–Crippen LogP) is 2.22. The minimum atomic E-state index is -0.000634. The number of anilines is 1. The monoisotopic (exact) mass is 253 g/mol. The zero-order chi connectivity index (χ0) is 13.2. The van der Waals surface area contributed by atoms with Gasteiger partial charge in [0.2, 0.25) is 0 Å². The Morgan fingerprint density at radius 1 is 1.16 bits per heavy atom. The molecule has 1 saturated carbocycles. The van der Waals surface area contributed by atoms with E-state index in [0.29, 0.717) is 17.3 Å². The molecule has 0 spiro atoms. The number of aromatic nitrogens is 1. The molecular weight excluding hydrogens is 238 g/mol. The third-order valence-corrected chi connectivity index (χ3v) is 3.14. The maximum atomic E-state index is 11.8. The molecule has 3 rings (SSSR count). The van der Waals surface area contributed by atoms with Crippen molar-refractivity contribution in [2.45, 2.75) is 18.9 Å². The Bertz CT molecular complexity index is 586. The van der Waals surface area contributed by atoms with Crippen LogP contribution in [0.25, 0.3) is 11.3 Å². The minimum absolute atomic E-state index is 0.000634. The van der Waals surface area contributed by atoms with Crippen molar-refractivity contribution < 1.29 is 4.79 Å². The van der Waals surface area contributed by atoms with Gasteiger partial charge in [-0.1, -0.05) is 12.1 Å². The molecule has 0 saturated heterocycles. The lowest BCUT2D eigenvalue weighted by molar-refractivity contribution is 0.0951. The highest BCUT2D eigenvalue weighted by Gasteiger charge is 2.23. The normalized spacial score (nSPS) is 14.1. The molecule has 1 aliphatic rings. The second-order valence-corrected chi connectivity index (χ2v) is 4.80. The molecule has 0 radical (unpaired) electrons. The number of hydrogen-bond acceptors (Lipinski definition) is 3. The summed E-state index contributed by atoms with van der Waals surface area (Å²) in [5.74, 6) is -0.000634. The highest BCUT2D eigenvalue weighted by Crippen LogP contribution is 2.21. The van der Waals surface area contributed by atoms with Gasteiger partial charge in [-0.2, -0.15) is 0 Å². The minimum Gasteiger partial charge on any atom is -0.397 e. The quantitative estimate of drug-likeness (QED) is 0.881. The van der Waals surface area contributed by atoms with Crippen LogP contribution in [0, 0.1) is 0 Å². The average molecular weight is 253 g/mol. The lowest BCUT2D eigenvalue weighted by Gasteiger charge is -2.05. The molecule has 96 valence electrons. The molecule has 0 aliphatic heterocycles. The van der Waals surface area contributed by atoms with Gasteiger partial charge in [0.05, 0.1) is 17.6 Å². The summed E-state index contributed by atoms with van der Waals surface area (Å²) in [6.07, 6.45) is 3.82. The van der Waals surface area contributed by atoms with Crippen LogP contribution < -0.4 is 11.1 Å². The Hall–Kier alpha value is -2.36. The van der Waals surface area contributed by atoms with Crippen molar-refractivity contribution >= 4 is 11.6 Å². The predicted molar refractivity (Wildman–Crippen MR) is 74.6 cm³/mol. The molecule has 1 aromatic heterocycles. The van der Waals surface area contributed by atoms with Gasteiger partial charge in [-0.15, -0.1) is 0 Å². The van der Waals surface area contributed by atoms with Crippen molar-refractivity contribution in [2.75, 3.05) is 5.73 Å². The molecule has 2 aromatic rings. The number of pyridine rings is 1. The van der Waals surface area contributed by atoms with Crippen LogP contribution >= 0.6 is 0 Å². The van der Waals surface area contributed by atoms with Crippen molar-refractivity contribution in [3.8, 4) is 11.3 Å². The molecule has 1 fully saturated rings. The topological polar surface area (TPSA) is 68.0 Å². The van der Waals surface area contributed by atoms with E-state index in [0.717, 1.165) is 24.1 Å². The van der Waals surface area contributed by atoms with Crippen molar-refractivity contribution in [1.29, 1.82) is 0 Å². The fraction of sp³-hybridized carbons (Fsp3) is 0.200. The van der Waals surface area contributed by atoms with Crippen LogP contribution in [0.4, 0.5) is 5.69 Å². The molecule has 1 aromatic carbocycles. The standard InChI is InChI=1S/C15H15N3O/c16-12-5-8-14(17-9-12)10-1-3-11(4-2-10)15(19)18-13-6-7-13/h1-5,8-9,13H,6-7,16H2,(H,18,19). The van der Waals surface area contributed by atoms with Gasteiger partial charge < -0.3 is 11.1 Å². The SMILES string of the molecule is Nc1ccc(-c2ccc(C(=O)NC3CC3)cc2)nc1. The zero-order valence-electron chi connectivity index (χ0n) is 10.5. The van der Waals surface area contributed by atoms with Gasteiger partial charge in [-0.25, -0.2) is 0 Å². The molecule has 19 heavy (non-hydrogen) atoms. The first-order valence-corrected chi connectivity index (χ1v) is 6.35. The average Bonchev–Trinajstić information content (AvgIpc) is 3.24. The fourth-order valence-electron chi connectivity index (χ4n) is 1.86. The van der Waals surface area contributed by atoms with Gasteiger partial charge in [0.1, 0.15) is 0 Å². The number of carbonyl (C=O) groups excluding carboxylic acids is 1. The Labute approximate surface area is 111 Å². The van der Waals surface area contributed by atoms with Crippen LogP contribution in [-0.2, 0) is 0 Å². The second kappa shape index (κ2) is 4.72. The van der Waals surface area contributed by atoms with Crippen molar-refractivity contribution in [2.24, 2.45) is 0 Å². The summed E-state index contributed by atoms with van der Waals surface area (Å²) in [4.78, 5) is 16.1. The van der Waals surface area contributed by atoms with Gasteiger partial charge >= 0.3 is 0 Å².